The molecule has 0 aromatic heterocycles. The summed E-state index contributed by atoms with van der Waals surface area (Å²) in [6.45, 7) is 4.65. The van der Waals surface area contributed by atoms with E-state index in [1.807, 2.05) is 13.0 Å². The number of carbonyl (C=O) groups is 3. The third-order valence-corrected chi connectivity index (χ3v) is 8.00. The summed E-state index contributed by atoms with van der Waals surface area (Å²) in [5.74, 6) is -1.20. The summed E-state index contributed by atoms with van der Waals surface area (Å²) in [4.78, 5) is 35.8. The quantitative estimate of drug-likeness (QED) is 0.555. The number of ketones is 2. The second-order valence-electron chi connectivity index (χ2n) is 9.36. The van der Waals surface area contributed by atoms with Crippen molar-refractivity contribution in [1.29, 1.82) is 0 Å². The normalized spacial score (nSPS) is 42.9. The Labute approximate surface area is 170 Å². The first kappa shape index (κ1) is 20.2. The van der Waals surface area contributed by atoms with Crippen LogP contribution in [0.2, 0.25) is 0 Å². The molecule has 0 radical (unpaired) electrons. The molecule has 6 atom stereocenters. The maximum Gasteiger partial charge on any atom is 0.303 e. The average Bonchev–Trinajstić information content (AvgIpc) is 2.88. The molecule has 4 aliphatic carbocycles. The van der Waals surface area contributed by atoms with Gasteiger partial charge in [0.05, 0.1) is 6.10 Å². The number of ether oxygens (including phenoxy) is 1. The molecule has 4 rings (SSSR count). The molecule has 6 nitrogen and oxygen atoms in total. The molecule has 0 aromatic rings. The van der Waals surface area contributed by atoms with Crippen LogP contribution in [0.15, 0.2) is 35.5 Å². The molecule has 0 bridgehead atoms. The smallest absolute Gasteiger partial charge is 0.303 e. The van der Waals surface area contributed by atoms with E-state index in [2.05, 4.69) is 13.0 Å². The van der Waals surface area contributed by atoms with Gasteiger partial charge in [-0.25, -0.2) is 0 Å². The Bertz CT molecular complexity index is 882. The minimum atomic E-state index is -1.95. The van der Waals surface area contributed by atoms with Crippen LogP contribution in [0.25, 0.3) is 0 Å². The monoisotopic (exact) mass is 400 g/mol. The van der Waals surface area contributed by atoms with Gasteiger partial charge in [-0.05, 0) is 56.6 Å². The number of carbonyl (C=O) groups excluding carboxylic acids is 3. The van der Waals surface area contributed by atoms with Gasteiger partial charge in [-0.15, -0.1) is 0 Å². The number of fused-ring (bicyclic) bond motifs is 5. The topological polar surface area (TPSA) is 101 Å². The van der Waals surface area contributed by atoms with E-state index in [1.54, 1.807) is 12.2 Å². The lowest BCUT2D eigenvalue weighted by Crippen LogP contribution is -2.59. The molecule has 0 saturated heterocycles. The van der Waals surface area contributed by atoms with Crippen molar-refractivity contribution >= 4 is 17.5 Å². The largest absolute Gasteiger partial charge is 0.458 e. The average molecular weight is 400 g/mol. The number of hydrogen-bond acceptors (Lipinski definition) is 6. The molecule has 0 amide bonds. The fourth-order valence-electron chi connectivity index (χ4n) is 6.33. The van der Waals surface area contributed by atoms with Crippen LogP contribution in [0.1, 0.15) is 46.5 Å². The summed E-state index contributed by atoms with van der Waals surface area (Å²) >= 11 is 0. The van der Waals surface area contributed by atoms with Gasteiger partial charge < -0.3 is 14.9 Å². The van der Waals surface area contributed by atoms with Gasteiger partial charge in [0.1, 0.15) is 0 Å². The third-order valence-electron chi connectivity index (χ3n) is 8.00. The molecule has 0 aromatic carbocycles. The summed E-state index contributed by atoms with van der Waals surface area (Å²) in [5, 5.41) is 22.2. The molecule has 0 heterocycles. The molecule has 0 aliphatic heterocycles. The summed E-state index contributed by atoms with van der Waals surface area (Å²) in [6.07, 6.45) is 8.54. The molecule has 2 N–H and O–H groups in total. The van der Waals surface area contributed by atoms with Gasteiger partial charge in [0.25, 0.3) is 0 Å². The van der Waals surface area contributed by atoms with Gasteiger partial charge in [-0.2, -0.15) is 0 Å². The Morgan fingerprint density at radius 1 is 1.31 bits per heavy atom. The van der Waals surface area contributed by atoms with Crippen LogP contribution in [-0.2, 0) is 19.1 Å². The molecule has 2 fully saturated rings. The SMILES string of the molecule is CC(=O)OCC(=O)C1(O)C(O)CC2C3CCC4=CC(=O)C=CC4(C)C3=CCC21C. The second kappa shape index (κ2) is 6.47. The summed E-state index contributed by atoms with van der Waals surface area (Å²) in [5.41, 5.74) is -0.805. The Hall–Kier alpha value is -2.05. The zero-order valence-corrected chi connectivity index (χ0v) is 17.1. The van der Waals surface area contributed by atoms with Crippen molar-refractivity contribution in [3.05, 3.63) is 35.5 Å². The maximum atomic E-state index is 12.9. The van der Waals surface area contributed by atoms with E-state index in [0.29, 0.717) is 12.8 Å². The highest BCUT2D eigenvalue weighted by Crippen LogP contribution is 2.65. The van der Waals surface area contributed by atoms with E-state index in [-0.39, 0.29) is 23.0 Å². The minimum Gasteiger partial charge on any atom is -0.458 e. The van der Waals surface area contributed by atoms with Crippen molar-refractivity contribution < 1.29 is 29.3 Å². The first-order valence-corrected chi connectivity index (χ1v) is 10.3. The summed E-state index contributed by atoms with van der Waals surface area (Å²) < 4.78 is 4.83. The fraction of sp³-hybridized carbons (Fsp3) is 0.609. The van der Waals surface area contributed by atoms with Crippen LogP contribution in [0.5, 0.6) is 0 Å². The highest BCUT2D eigenvalue weighted by molar-refractivity contribution is 6.01. The van der Waals surface area contributed by atoms with Crippen LogP contribution in [-0.4, -0.2) is 46.1 Å². The lowest BCUT2D eigenvalue weighted by molar-refractivity contribution is -0.174. The van der Waals surface area contributed by atoms with Gasteiger partial charge in [0, 0.05) is 17.8 Å². The van der Waals surface area contributed by atoms with Crippen LogP contribution in [0.4, 0.5) is 0 Å². The molecule has 156 valence electrons. The predicted molar refractivity (Wildman–Crippen MR) is 105 cm³/mol. The van der Waals surface area contributed by atoms with Crippen molar-refractivity contribution in [3.63, 3.8) is 0 Å². The van der Waals surface area contributed by atoms with Gasteiger partial charge >= 0.3 is 5.97 Å². The van der Waals surface area contributed by atoms with E-state index >= 15 is 0 Å². The Kier molecular flexibility index (Phi) is 4.52. The predicted octanol–water partition coefficient (Wildman–Crippen LogP) is 2.05. The van der Waals surface area contributed by atoms with E-state index in [4.69, 9.17) is 4.74 Å². The second-order valence-corrected chi connectivity index (χ2v) is 9.36. The Balaban J connectivity index is 1.71. The lowest BCUT2D eigenvalue weighted by Gasteiger charge is -2.53. The first-order chi connectivity index (χ1) is 13.5. The van der Waals surface area contributed by atoms with E-state index < -0.39 is 35.5 Å². The van der Waals surface area contributed by atoms with Gasteiger partial charge in [0.2, 0.25) is 5.78 Å². The molecule has 0 spiro atoms. The molecule has 2 saturated carbocycles. The minimum absolute atomic E-state index is 0.0129. The van der Waals surface area contributed by atoms with Crippen molar-refractivity contribution in [1.82, 2.24) is 0 Å². The number of rotatable bonds is 3. The Morgan fingerprint density at radius 2 is 2.03 bits per heavy atom. The number of aliphatic hydroxyl groups is 2. The highest BCUT2D eigenvalue weighted by Gasteiger charge is 2.68. The molecule has 4 aliphatic rings. The maximum absolute atomic E-state index is 12.9. The van der Waals surface area contributed by atoms with Crippen molar-refractivity contribution in [2.75, 3.05) is 6.61 Å². The zero-order chi connectivity index (χ0) is 21.2. The van der Waals surface area contributed by atoms with Gasteiger partial charge in [-0.1, -0.05) is 30.2 Å². The zero-order valence-electron chi connectivity index (χ0n) is 17.1. The van der Waals surface area contributed by atoms with Crippen LogP contribution in [0.3, 0.4) is 0 Å². The number of Topliss-reactive ketones (excluding diaryl/α,β-unsaturated/α-hetero) is 1. The first-order valence-electron chi connectivity index (χ1n) is 10.3. The van der Waals surface area contributed by atoms with E-state index in [0.717, 1.165) is 18.4 Å². The van der Waals surface area contributed by atoms with Crippen LogP contribution >= 0.6 is 0 Å². The van der Waals surface area contributed by atoms with Crippen LogP contribution in [0, 0.1) is 22.7 Å². The van der Waals surface area contributed by atoms with Crippen molar-refractivity contribution in [3.8, 4) is 0 Å². The van der Waals surface area contributed by atoms with Gasteiger partial charge in [0.15, 0.2) is 18.0 Å². The third kappa shape index (κ3) is 2.65. The van der Waals surface area contributed by atoms with E-state index in [9.17, 15) is 24.6 Å². The summed E-state index contributed by atoms with van der Waals surface area (Å²) in [6, 6.07) is 0. The Morgan fingerprint density at radius 3 is 2.72 bits per heavy atom. The number of aliphatic hydroxyl groups excluding tert-OH is 1. The van der Waals surface area contributed by atoms with Crippen molar-refractivity contribution in [2.45, 2.75) is 58.2 Å². The molecule has 29 heavy (non-hydrogen) atoms. The molecular weight excluding hydrogens is 372 g/mol. The molecular formula is C23H28O6. The van der Waals surface area contributed by atoms with Crippen LogP contribution < -0.4 is 0 Å². The number of esters is 1. The van der Waals surface area contributed by atoms with Crippen molar-refractivity contribution in [2.24, 2.45) is 22.7 Å². The number of hydrogen-bond donors (Lipinski definition) is 2. The molecule has 6 unspecified atom stereocenters. The summed E-state index contributed by atoms with van der Waals surface area (Å²) in [7, 11) is 0. The lowest BCUT2D eigenvalue weighted by atomic mass is 9.51. The number of allylic oxidation sites excluding steroid dienone is 6. The highest BCUT2D eigenvalue weighted by atomic mass is 16.5. The van der Waals surface area contributed by atoms with E-state index in [1.165, 1.54) is 12.5 Å². The molecule has 6 heteroatoms. The van der Waals surface area contributed by atoms with Gasteiger partial charge in [-0.3, -0.25) is 14.4 Å². The standard InChI is InChI=1S/C23H28O6/c1-13(24)29-12-20(27)23(28)19(26)11-18-16-5-4-14-10-15(25)6-8-21(14,2)17(16)7-9-22(18,23)3/h6-8,10,16,18-19,26,28H,4-5,9,11-12H2,1-3H3. The fourth-order valence-corrected chi connectivity index (χ4v) is 6.33.